The van der Waals surface area contributed by atoms with E-state index in [2.05, 4.69) is 10.6 Å². The fourth-order valence-corrected chi connectivity index (χ4v) is 2.64. The van der Waals surface area contributed by atoms with E-state index in [1.165, 1.54) is 23.5 Å². The lowest BCUT2D eigenvalue weighted by Crippen LogP contribution is -2.30. The first-order valence-electron chi connectivity index (χ1n) is 6.80. The molecule has 0 radical (unpaired) electrons. The van der Waals surface area contributed by atoms with E-state index in [0.29, 0.717) is 6.42 Å². The summed E-state index contributed by atoms with van der Waals surface area (Å²) < 4.78 is 37.7. The molecule has 2 amide bonds. The number of anilines is 1. The van der Waals surface area contributed by atoms with Crippen molar-refractivity contribution in [2.45, 2.75) is 18.7 Å². The maximum Gasteiger partial charge on any atom is 0.416 e. The van der Waals surface area contributed by atoms with Crippen LogP contribution in [0, 0.1) is 0 Å². The zero-order valence-electron chi connectivity index (χ0n) is 11.9. The number of halogens is 3. The highest BCUT2D eigenvalue weighted by Gasteiger charge is 2.30. The quantitative estimate of drug-likeness (QED) is 0.767. The number of hydrogen-bond acceptors (Lipinski definition) is 3. The fraction of sp³-hybridized carbons (Fsp3) is 0.267. The highest BCUT2D eigenvalue weighted by molar-refractivity contribution is 7.10. The zero-order valence-corrected chi connectivity index (χ0v) is 12.7. The van der Waals surface area contributed by atoms with Crippen molar-refractivity contribution in [3.8, 4) is 0 Å². The van der Waals surface area contributed by atoms with Crippen molar-refractivity contribution in [3.63, 3.8) is 0 Å². The molecule has 8 heteroatoms. The van der Waals surface area contributed by atoms with Crippen LogP contribution in [-0.2, 0) is 6.18 Å². The van der Waals surface area contributed by atoms with Crippen LogP contribution in [0.4, 0.5) is 23.7 Å². The van der Waals surface area contributed by atoms with Crippen LogP contribution in [-0.4, -0.2) is 17.7 Å². The van der Waals surface area contributed by atoms with E-state index in [9.17, 15) is 23.1 Å². The van der Waals surface area contributed by atoms with Crippen molar-refractivity contribution in [1.29, 1.82) is 0 Å². The lowest BCUT2D eigenvalue weighted by Gasteiger charge is -2.12. The molecular formula is C15H15F3N2O2S. The van der Waals surface area contributed by atoms with Crippen LogP contribution in [0.1, 0.15) is 23.0 Å². The number of nitrogens with one attached hydrogen (secondary N) is 2. The minimum absolute atomic E-state index is 0.0520. The third-order valence-corrected chi connectivity index (χ3v) is 4.00. The van der Waals surface area contributed by atoms with Gasteiger partial charge in [0.1, 0.15) is 0 Å². The Morgan fingerprint density at radius 2 is 2.04 bits per heavy atom. The Morgan fingerprint density at radius 1 is 1.26 bits per heavy atom. The Hall–Kier alpha value is -2.06. The number of urea groups is 1. The van der Waals surface area contributed by atoms with Crippen LogP contribution in [0.25, 0.3) is 0 Å². The lowest BCUT2D eigenvalue weighted by atomic mass is 10.2. The zero-order chi connectivity index (χ0) is 16.9. The highest BCUT2D eigenvalue weighted by atomic mass is 32.1. The molecule has 2 rings (SSSR count). The third kappa shape index (κ3) is 5.26. The first-order chi connectivity index (χ1) is 10.9. The summed E-state index contributed by atoms with van der Waals surface area (Å²) >= 11 is 1.41. The normalized spacial score (nSPS) is 12.7. The SMILES string of the molecule is O=C(NCCC(O)c1cccs1)Nc1cccc(C(F)(F)F)c1. The van der Waals surface area contributed by atoms with Crippen molar-refractivity contribution in [2.75, 3.05) is 11.9 Å². The van der Waals surface area contributed by atoms with Crippen LogP contribution in [0.3, 0.4) is 0 Å². The molecule has 0 aliphatic heterocycles. The smallest absolute Gasteiger partial charge is 0.388 e. The molecule has 124 valence electrons. The van der Waals surface area contributed by atoms with Crippen molar-refractivity contribution in [3.05, 3.63) is 52.2 Å². The summed E-state index contributed by atoms with van der Waals surface area (Å²) in [6.45, 7) is 0.198. The number of carbonyl (C=O) groups is 1. The predicted molar refractivity (Wildman–Crippen MR) is 82.4 cm³/mol. The van der Waals surface area contributed by atoms with E-state index in [1.807, 2.05) is 11.4 Å². The van der Waals surface area contributed by atoms with Gasteiger partial charge in [-0.2, -0.15) is 13.2 Å². The van der Waals surface area contributed by atoms with Crippen LogP contribution < -0.4 is 10.6 Å². The molecular weight excluding hydrogens is 329 g/mol. The Morgan fingerprint density at radius 3 is 2.70 bits per heavy atom. The monoisotopic (exact) mass is 344 g/mol. The summed E-state index contributed by atoms with van der Waals surface area (Å²) in [6, 6.07) is 7.37. The molecule has 0 saturated carbocycles. The molecule has 0 saturated heterocycles. The first-order valence-corrected chi connectivity index (χ1v) is 7.68. The predicted octanol–water partition coefficient (Wildman–Crippen LogP) is 4.01. The van der Waals surface area contributed by atoms with E-state index in [1.54, 1.807) is 6.07 Å². The third-order valence-electron chi connectivity index (χ3n) is 3.02. The summed E-state index contributed by atoms with van der Waals surface area (Å²) in [6.07, 6.45) is -4.82. The second-order valence-electron chi connectivity index (χ2n) is 4.78. The van der Waals surface area contributed by atoms with Gasteiger partial charge in [0, 0.05) is 17.1 Å². The van der Waals surface area contributed by atoms with E-state index in [0.717, 1.165) is 17.0 Å². The molecule has 1 aromatic heterocycles. The molecule has 1 atom stereocenters. The van der Waals surface area contributed by atoms with E-state index >= 15 is 0 Å². The van der Waals surface area contributed by atoms with E-state index in [-0.39, 0.29) is 12.2 Å². The lowest BCUT2D eigenvalue weighted by molar-refractivity contribution is -0.137. The molecule has 4 nitrogen and oxygen atoms in total. The Kier molecular flexibility index (Phi) is 5.62. The molecule has 23 heavy (non-hydrogen) atoms. The molecule has 1 heterocycles. The highest BCUT2D eigenvalue weighted by Crippen LogP contribution is 2.30. The average molecular weight is 344 g/mol. The van der Waals surface area contributed by atoms with Gasteiger partial charge in [-0.1, -0.05) is 12.1 Å². The second kappa shape index (κ2) is 7.47. The van der Waals surface area contributed by atoms with Crippen molar-refractivity contribution in [1.82, 2.24) is 5.32 Å². The van der Waals surface area contributed by atoms with Crippen molar-refractivity contribution in [2.24, 2.45) is 0 Å². The van der Waals surface area contributed by atoms with Crippen LogP contribution in [0.5, 0.6) is 0 Å². The number of carbonyl (C=O) groups excluding carboxylic acids is 1. The fourth-order valence-electron chi connectivity index (χ4n) is 1.89. The van der Waals surface area contributed by atoms with Crippen LogP contribution >= 0.6 is 11.3 Å². The first kappa shape index (κ1) is 17.3. The molecule has 0 aliphatic carbocycles. The number of thiophene rings is 1. The number of alkyl halides is 3. The maximum atomic E-state index is 12.6. The summed E-state index contributed by atoms with van der Waals surface area (Å²) in [5.41, 5.74) is -0.778. The van der Waals surface area contributed by atoms with Crippen molar-refractivity contribution >= 4 is 23.1 Å². The number of amides is 2. The Balaban J connectivity index is 1.81. The van der Waals surface area contributed by atoms with E-state index in [4.69, 9.17) is 0 Å². The number of hydrogen-bond donors (Lipinski definition) is 3. The van der Waals surface area contributed by atoms with Gasteiger partial charge in [-0.05, 0) is 36.1 Å². The molecule has 0 spiro atoms. The van der Waals surface area contributed by atoms with Crippen LogP contribution in [0.2, 0.25) is 0 Å². The largest absolute Gasteiger partial charge is 0.416 e. The number of aliphatic hydroxyl groups is 1. The summed E-state index contributed by atoms with van der Waals surface area (Å²) in [7, 11) is 0. The van der Waals surface area contributed by atoms with E-state index < -0.39 is 23.9 Å². The summed E-state index contributed by atoms with van der Waals surface area (Å²) in [5.74, 6) is 0. The van der Waals surface area contributed by atoms with Gasteiger partial charge in [0.05, 0.1) is 11.7 Å². The van der Waals surface area contributed by atoms with Gasteiger partial charge in [0.25, 0.3) is 0 Å². The van der Waals surface area contributed by atoms with Gasteiger partial charge in [-0.25, -0.2) is 4.79 Å². The minimum Gasteiger partial charge on any atom is -0.388 e. The molecule has 1 aromatic carbocycles. The Labute approximate surface area is 135 Å². The molecule has 0 aliphatic rings. The van der Waals surface area contributed by atoms with Gasteiger partial charge in [0.2, 0.25) is 0 Å². The standard InChI is InChI=1S/C15H15F3N2O2S/c16-15(17,18)10-3-1-4-11(9-10)20-14(22)19-7-6-12(21)13-5-2-8-23-13/h1-5,8-9,12,21H,6-7H2,(H2,19,20,22). The second-order valence-corrected chi connectivity index (χ2v) is 5.76. The summed E-state index contributed by atoms with van der Waals surface area (Å²) in [5, 5.41) is 16.5. The van der Waals surface area contributed by atoms with Gasteiger partial charge in [0.15, 0.2) is 0 Å². The van der Waals surface area contributed by atoms with Gasteiger partial charge >= 0.3 is 12.2 Å². The molecule has 3 N–H and O–H groups in total. The minimum atomic E-state index is -4.46. The average Bonchev–Trinajstić information content (AvgIpc) is 3.00. The molecule has 0 fully saturated rings. The molecule has 2 aromatic rings. The van der Waals surface area contributed by atoms with Gasteiger partial charge < -0.3 is 15.7 Å². The molecule has 1 unspecified atom stereocenters. The number of rotatable bonds is 5. The van der Waals surface area contributed by atoms with Gasteiger partial charge in [-0.3, -0.25) is 0 Å². The van der Waals surface area contributed by atoms with Crippen LogP contribution in [0.15, 0.2) is 41.8 Å². The number of benzene rings is 1. The molecule has 0 bridgehead atoms. The van der Waals surface area contributed by atoms with Crippen molar-refractivity contribution < 1.29 is 23.1 Å². The topological polar surface area (TPSA) is 61.4 Å². The Bertz CT molecular complexity index is 644. The van der Waals surface area contributed by atoms with Gasteiger partial charge in [-0.15, -0.1) is 11.3 Å². The number of aliphatic hydroxyl groups excluding tert-OH is 1. The summed E-state index contributed by atoms with van der Waals surface area (Å²) in [4.78, 5) is 12.5. The maximum absolute atomic E-state index is 12.6.